The smallest absolute Gasteiger partial charge is 0.317 e. The van der Waals surface area contributed by atoms with Gasteiger partial charge in [0.15, 0.2) is 0 Å². The summed E-state index contributed by atoms with van der Waals surface area (Å²) in [4.78, 5) is 20.5. The van der Waals surface area contributed by atoms with Crippen molar-refractivity contribution in [1.29, 1.82) is 0 Å². The number of aliphatic carboxylic acids is 1. The molecule has 6 heteroatoms. The summed E-state index contributed by atoms with van der Waals surface area (Å²) in [6.45, 7) is 10.8. The average Bonchev–Trinajstić information content (AvgIpc) is 2.44. The van der Waals surface area contributed by atoms with Gasteiger partial charge in [-0.3, -0.25) is 9.69 Å². The highest BCUT2D eigenvalue weighted by molar-refractivity contribution is 5.69. The van der Waals surface area contributed by atoms with E-state index in [1.807, 2.05) is 0 Å². The lowest BCUT2D eigenvalue weighted by Crippen LogP contribution is -2.47. The third kappa shape index (κ3) is 6.30. The predicted molar refractivity (Wildman–Crippen MR) is 83.7 cm³/mol. The number of hydrogen-bond donors (Lipinski definition) is 1. The second-order valence-corrected chi connectivity index (χ2v) is 6.36. The van der Waals surface area contributed by atoms with Crippen LogP contribution >= 0.6 is 0 Å². The van der Waals surface area contributed by atoms with Gasteiger partial charge in [-0.1, -0.05) is 0 Å². The number of hydrogen-bond acceptors (Lipinski definition) is 5. The van der Waals surface area contributed by atoms with Crippen molar-refractivity contribution >= 4 is 5.97 Å². The van der Waals surface area contributed by atoms with Gasteiger partial charge in [0.1, 0.15) is 0 Å². The van der Waals surface area contributed by atoms with Gasteiger partial charge in [-0.15, -0.1) is 0 Å². The van der Waals surface area contributed by atoms with E-state index in [4.69, 9.17) is 5.11 Å². The number of likely N-dealkylation sites (N-methyl/N-ethyl adjacent to an activating group) is 1. The molecule has 2 rings (SSSR count). The molecule has 2 aliphatic heterocycles. The Kier molecular flexibility index (Phi) is 6.89. The molecule has 21 heavy (non-hydrogen) atoms. The van der Waals surface area contributed by atoms with Gasteiger partial charge >= 0.3 is 5.97 Å². The van der Waals surface area contributed by atoms with Crippen molar-refractivity contribution < 1.29 is 9.90 Å². The molecule has 0 aromatic rings. The van der Waals surface area contributed by atoms with Crippen LogP contribution in [0.2, 0.25) is 0 Å². The van der Waals surface area contributed by atoms with Gasteiger partial charge in [-0.25, -0.2) is 0 Å². The molecule has 2 fully saturated rings. The summed E-state index contributed by atoms with van der Waals surface area (Å²) in [5.74, 6) is -0.710. The largest absolute Gasteiger partial charge is 0.480 e. The van der Waals surface area contributed by atoms with Gasteiger partial charge in [0, 0.05) is 45.8 Å². The zero-order chi connectivity index (χ0) is 15.1. The Bertz CT molecular complexity index is 327. The molecule has 0 aliphatic carbocycles. The van der Waals surface area contributed by atoms with Crippen molar-refractivity contribution in [2.45, 2.75) is 12.8 Å². The first-order valence-electron chi connectivity index (χ1n) is 8.21. The van der Waals surface area contributed by atoms with Crippen molar-refractivity contribution in [3.63, 3.8) is 0 Å². The fourth-order valence-electron chi connectivity index (χ4n) is 3.20. The van der Waals surface area contributed by atoms with Crippen molar-refractivity contribution in [1.82, 2.24) is 19.6 Å². The molecular weight excluding hydrogens is 268 g/mol. The molecule has 2 atom stereocenters. The minimum absolute atomic E-state index is 0.177. The van der Waals surface area contributed by atoms with Crippen LogP contribution in [0.4, 0.5) is 0 Å². The normalized spacial score (nSPS) is 30.9. The van der Waals surface area contributed by atoms with Crippen molar-refractivity contribution in [3.8, 4) is 0 Å². The molecule has 2 saturated heterocycles. The van der Waals surface area contributed by atoms with E-state index in [9.17, 15) is 4.79 Å². The minimum atomic E-state index is -0.710. The first kappa shape index (κ1) is 16.7. The topological polar surface area (TPSA) is 50.3 Å². The Hall–Kier alpha value is -0.690. The highest BCUT2D eigenvalue weighted by Gasteiger charge is 2.17. The third-order valence-corrected chi connectivity index (χ3v) is 4.58. The Morgan fingerprint density at radius 3 is 2.05 bits per heavy atom. The SMILES string of the molecule is CN1CCCN2CCN(CCCN(CC(=O)O)CC2)CC1. The lowest BCUT2D eigenvalue weighted by Gasteiger charge is -2.34. The maximum atomic E-state index is 11.0. The fraction of sp³-hybridized carbons (Fsp3) is 0.933. The first-order valence-corrected chi connectivity index (χ1v) is 8.21. The average molecular weight is 298 g/mol. The van der Waals surface area contributed by atoms with Gasteiger partial charge < -0.3 is 19.8 Å². The summed E-state index contributed by atoms with van der Waals surface area (Å²) < 4.78 is 0. The van der Waals surface area contributed by atoms with Gasteiger partial charge in [0.05, 0.1) is 6.54 Å². The number of carboxylic acids is 1. The Morgan fingerprint density at radius 2 is 1.38 bits per heavy atom. The number of fused-ring (bicyclic) bond motifs is 3. The molecule has 0 aromatic carbocycles. The summed E-state index contributed by atoms with van der Waals surface area (Å²) in [5, 5.41) is 9.03. The molecule has 122 valence electrons. The molecule has 6 nitrogen and oxygen atoms in total. The van der Waals surface area contributed by atoms with Crippen LogP contribution in [0.5, 0.6) is 0 Å². The zero-order valence-electron chi connectivity index (χ0n) is 13.3. The van der Waals surface area contributed by atoms with E-state index < -0.39 is 5.97 Å². The molecule has 2 aliphatic rings. The van der Waals surface area contributed by atoms with Gasteiger partial charge in [0.25, 0.3) is 0 Å². The lowest BCUT2D eigenvalue weighted by molar-refractivity contribution is -0.138. The fourth-order valence-corrected chi connectivity index (χ4v) is 3.20. The molecule has 0 saturated carbocycles. The second kappa shape index (κ2) is 8.68. The summed E-state index contributed by atoms with van der Waals surface area (Å²) in [6, 6.07) is 0. The van der Waals surface area contributed by atoms with E-state index in [0.717, 1.165) is 71.9 Å². The van der Waals surface area contributed by atoms with Crippen LogP contribution in [-0.4, -0.2) is 110 Å². The van der Waals surface area contributed by atoms with Crippen LogP contribution in [0.25, 0.3) is 0 Å². The molecule has 0 radical (unpaired) electrons. The van der Waals surface area contributed by atoms with E-state index in [-0.39, 0.29) is 6.54 Å². The van der Waals surface area contributed by atoms with E-state index in [0.29, 0.717) is 0 Å². The highest BCUT2D eigenvalue weighted by atomic mass is 16.4. The number of rotatable bonds is 2. The Balaban J connectivity index is 1.96. The van der Waals surface area contributed by atoms with E-state index in [2.05, 4.69) is 26.6 Å². The van der Waals surface area contributed by atoms with Crippen molar-refractivity contribution in [3.05, 3.63) is 0 Å². The van der Waals surface area contributed by atoms with E-state index in [1.165, 1.54) is 6.42 Å². The molecule has 1 N–H and O–H groups in total. The Labute approximate surface area is 128 Å². The van der Waals surface area contributed by atoms with Gasteiger partial charge in [-0.05, 0) is 39.5 Å². The monoisotopic (exact) mass is 298 g/mol. The third-order valence-electron chi connectivity index (χ3n) is 4.58. The Morgan fingerprint density at radius 1 is 0.810 bits per heavy atom. The minimum Gasteiger partial charge on any atom is -0.480 e. The maximum Gasteiger partial charge on any atom is 0.317 e. The molecule has 2 bridgehead atoms. The molecule has 2 unspecified atom stereocenters. The summed E-state index contributed by atoms with van der Waals surface area (Å²) in [7, 11) is 2.21. The van der Waals surface area contributed by atoms with Crippen LogP contribution < -0.4 is 0 Å². The molecule has 0 amide bonds. The molecular formula is C15H30N4O2. The predicted octanol–water partition coefficient (Wildman–Crippen LogP) is -0.284. The van der Waals surface area contributed by atoms with Gasteiger partial charge in [0.2, 0.25) is 0 Å². The second-order valence-electron chi connectivity index (χ2n) is 6.36. The standard InChI is InChI=1S/C15H30N4O2/c1-16-4-2-5-18-11-10-17(9-8-16)6-3-7-19(13-12-18)14-15(20)21/h2-14H2,1H3,(H,20,21). The van der Waals surface area contributed by atoms with E-state index >= 15 is 0 Å². The van der Waals surface area contributed by atoms with E-state index in [1.54, 1.807) is 0 Å². The first-order chi connectivity index (χ1) is 10.1. The van der Waals surface area contributed by atoms with Crippen LogP contribution in [0, 0.1) is 0 Å². The molecule has 0 aromatic heterocycles. The molecule has 2 heterocycles. The van der Waals surface area contributed by atoms with Crippen LogP contribution in [0.3, 0.4) is 0 Å². The van der Waals surface area contributed by atoms with Crippen LogP contribution in [0.1, 0.15) is 12.8 Å². The van der Waals surface area contributed by atoms with Gasteiger partial charge in [-0.2, -0.15) is 0 Å². The number of nitrogens with zero attached hydrogens (tertiary/aromatic N) is 4. The summed E-state index contributed by atoms with van der Waals surface area (Å²) in [5.41, 5.74) is 0. The molecule has 0 spiro atoms. The van der Waals surface area contributed by atoms with Crippen molar-refractivity contribution in [2.75, 3.05) is 79.0 Å². The lowest BCUT2D eigenvalue weighted by atomic mass is 10.2. The quantitative estimate of drug-likeness (QED) is 0.756. The maximum absolute atomic E-state index is 11.0. The highest BCUT2D eigenvalue weighted by Crippen LogP contribution is 2.05. The number of carboxylic acid groups (broad SMARTS) is 1. The van der Waals surface area contributed by atoms with Crippen molar-refractivity contribution in [2.24, 2.45) is 0 Å². The summed E-state index contributed by atoms with van der Waals surface area (Å²) >= 11 is 0. The van der Waals surface area contributed by atoms with Crippen LogP contribution in [-0.2, 0) is 4.79 Å². The number of carbonyl (C=O) groups is 1. The zero-order valence-corrected chi connectivity index (χ0v) is 13.3. The summed E-state index contributed by atoms with van der Waals surface area (Å²) in [6.07, 6.45) is 2.27. The van der Waals surface area contributed by atoms with Crippen LogP contribution in [0.15, 0.2) is 0 Å².